The number of hydrogen-bond donors (Lipinski definition) is 1. The Bertz CT molecular complexity index is 474. The molecule has 5 rings (SSSR count). The van der Waals surface area contributed by atoms with Crippen LogP contribution in [-0.4, -0.2) is 6.04 Å². The van der Waals surface area contributed by atoms with Gasteiger partial charge in [0, 0.05) is 20.3 Å². The monoisotopic (exact) mass is 387 g/mol. The summed E-state index contributed by atoms with van der Waals surface area (Å²) in [4.78, 5) is 0. The molecule has 0 radical (unpaired) electrons. The van der Waals surface area contributed by atoms with Crippen molar-refractivity contribution in [2.24, 2.45) is 23.7 Å². The molecule has 4 aliphatic rings. The second-order valence-corrected chi connectivity index (χ2v) is 8.32. The van der Waals surface area contributed by atoms with Crippen molar-refractivity contribution in [2.45, 2.75) is 38.1 Å². The van der Waals surface area contributed by atoms with Crippen LogP contribution in [0.2, 0.25) is 5.02 Å². The van der Waals surface area contributed by atoms with Gasteiger partial charge < -0.3 is 5.32 Å². The van der Waals surface area contributed by atoms with Gasteiger partial charge in [-0.05, 0) is 96.6 Å². The first-order valence-corrected chi connectivity index (χ1v) is 8.86. The lowest BCUT2D eigenvalue weighted by molar-refractivity contribution is 0.00752. The normalized spacial score (nSPS) is 39.6. The quantitative estimate of drug-likeness (QED) is 0.689. The summed E-state index contributed by atoms with van der Waals surface area (Å²) in [5.41, 5.74) is 1.28. The van der Waals surface area contributed by atoms with Crippen molar-refractivity contribution in [1.82, 2.24) is 0 Å². The van der Waals surface area contributed by atoms with Gasteiger partial charge in [0.25, 0.3) is 0 Å². The summed E-state index contributed by atoms with van der Waals surface area (Å²) in [6, 6.07) is 6.92. The summed E-state index contributed by atoms with van der Waals surface area (Å²) in [5.74, 6) is 3.93. The minimum atomic E-state index is 0.711. The molecule has 3 heteroatoms. The van der Waals surface area contributed by atoms with Gasteiger partial charge in [0.1, 0.15) is 0 Å². The maximum absolute atomic E-state index is 6.05. The van der Waals surface area contributed by atoms with Crippen LogP contribution in [0, 0.1) is 27.2 Å². The van der Waals surface area contributed by atoms with Gasteiger partial charge in [0.05, 0.1) is 0 Å². The zero-order chi connectivity index (χ0) is 13.0. The molecule has 0 unspecified atom stereocenters. The van der Waals surface area contributed by atoms with Gasteiger partial charge in [-0.2, -0.15) is 0 Å². The van der Waals surface area contributed by atoms with Crippen LogP contribution < -0.4 is 5.32 Å². The van der Waals surface area contributed by atoms with E-state index in [0.717, 1.165) is 28.7 Å². The van der Waals surface area contributed by atoms with Gasteiger partial charge in [0.2, 0.25) is 0 Å². The van der Waals surface area contributed by atoms with E-state index in [0.29, 0.717) is 6.04 Å². The maximum Gasteiger partial charge on any atom is 0.0479 e. The van der Waals surface area contributed by atoms with Crippen molar-refractivity contribution in [2.75, 3.05) is 5.32 Å². The van der Waals surface area contributed by atoms with E-state index in [9.17, 15) is 0 Å². The zero-order valence-corrected chi connectivity index (χ0v) is 13.8. The van der Waals surface area contributed by atoms with Gasteiger partial charge >= 0.3 is 0 Å². The van der Waals surface area contributed by atoms with Crippen LogP contribution in [-0.2, 0) is 0 Å². The molecule has 4 fully saturated rings. The summed E-state index contributed by atoms with van der Waals surface area (Å²) in [6.07, 6.45) is 7.39. The molecule has 4 saturated carbocycles. The smallest absolute Gasteiger partial charge is 0.0479 e. The summed E-state index contributed by atoms with van der Waals surface area (Å²) in [5, 5.41) is 4.69. The van der Waals surface area contributed by atoms with Crippen LogP contribution >= 0.6 is 34.2 Å². The van der Waals surface area contributed by atoms with E-state index in [1.165, 1.54) is 41.4 Å². The van der Waals surface area contributed by atoms with Crippen LogP contribution in [0.15, 0.2) is 18.2 Å². The lowest BCUT2D eigenvalue weighted by Crippen LogP contribution is -2.51. The van der Waals surface area contributed by atoms with Gasteiger partial charge in [-0.15, -0.1) is 0 Å². The van der Waals surface area contributed by atoms with E-state index in [4.69, 9.17) is 11.6 Å². The topological polar surface area (TPSA) is 12.0 Å². The van der Waals surface area contributed by atoms with Crippen molar-refractivity contribution < 1.29 is 0 Å². The molecule has 0 atom stereocenters. The molecule has 0 aliphatic heterocycles. The molecule has 1 N–H and O–H groups in total. The minimum Gasteiger partial charge on any atom is -0.381 e. The SMILES string of the molecule is Clc1ccc(NC2C3CC4CC(C3)CC2C4)c(I)c1. The molecule has 0 aromatic heterocycles. The second kappa shape index (κ2) is 4.80. The molecule has 0 heterocycles. The van der Waals surface area contributed by atoms with Gasteiger partial charge in [-0.1, -0.05) is 11.6 Å². The number of anilines is 1. The third-order valence-corrected chi connectivity index (χ3v) is 6.61. The third-order valence-electron chi connectivity index (χ3n) is 5.48. The van der Waals surface area contributed by atoms with Crippen molar-refractivity contribution >= 4 is 39.9 Å². The summed E-state index contributed by atoms with van der Waals surface area (Å²) in [6.45, 7) is 0. The highest BCUT2D eigenvalue weighted by Gasteiger charge is 2.48. The molecule has 0 saturated heterocycles. The van der Waals surface area contributed by atoms with Crippen LogP contribution in [0.25, 0.3) is 0 Å². The predicted octanol–water partition coefficient (Wildman–Crippen LogP) is 5.18. The lowest BCUT2D eigenvalue weighted by Gasteiger charge is -2.54. The number of benzene rings is 1. The molecular formula is C16H19ClIN. The Kier molecular flexibility index (Phi) is 3.22. The molecule has 0 spiro atoms. The number of rotatable bonds is 2. The number of hydrogen-bond acceptors (Lipinski definition) is 1. The maximum atomic E-state index is 6.05. The van der Waals surface area contributed by atoms with Crippen LogP contribution in [0.3, 0.4) is 0 Å². The Labute approximate surface area is 133 Å². The molecule has 4 bridgehead atoms. The third kappa shape index (κ3) is 2.29. The first-order valence-electron chi connectivity index (χ1n) is 7.40. The van der Waals surface area contributed by atoms with E-state index in [-0.39, 0.29) is 0 Å². The van der Waals surface area contributed by atoms with E-state index >= 15 is 0 Å². The summed E-state index contributed by atoms with van der Waals surface area (Å²) < 4.78 is 1.25. The summed E-state index contributed by atoms with van der Waals surface area (Å²) >= 11 is 8.44. The molecule has 1 nitrogen and oxygen atoms in total. The van der Waals surface area contributed by atoms with Crippen molar-refractivity contribution in [3.05, 3.63) is 26.8 Å². The molecule has 102 valence electrons. The first kappa shape index (κ1) is 12.8. The molecule has 19 heavy (non-hydrogen) atoms. The van der Waals surface area contributed by atoms with Gasteiger partial charge in [0.15, 0.2) is 0 Å². The molecule has 1 aromatic carbocycles. The lowest BCUT2D eigenvalue weighted by atomic mass is 9.54. The fourth-order valence-electron chi connectivity index (χ4n) is 4.95. The highest BCUT2D eigenvalue weighted by atomic mass is 127. The van der Waals surface area contributed by atoms with E-state index in [1.54, 1.807) is 0 Å². The Morgan fingerprint density at radius 1 is 1.00 bits per heavy atom. The van der Waals surface area contributed by atoms with Gasteiger partial charge in [-0.3, -0.25) is 0 Å². The van der Waals surface area contributed by atoms with Crippen LogP contribution in [0.4, 0.5) is 5.69 Å². The molecule has 0 amide bonds. The molecular weight excluding hydrogens is 369 g/mol. The van der Waals surface area contributed by atoms with Gasteiger partial charge in [-0.25, -0.2) is 0 Å². The van der Waals surface area contributed by atoms with Crippen molar-refractivity contribution in [3.8, 4) is 0 Å². The number of halogens is 2. The fraction of sp³-hybridized carbons (Fsp3) is 0.625. The van der Waals surface area contributed by atoms with Crippen molar-refractivity contribution in [3.63, 3.8) is 0 Å². The average molecular weight is 388 g/mol. The highest BCUT2D eigenvalue weighted by Crippen LogP contribution is 2.54. The fourth-order valence-corrected chi connectivity index (χ4v) is 5.97. The predicted molar refractivity (Wildman–Crippen MR) is 88.6 cm³/mol. The first-order chi connectivity index (χ1) is 9.19. The number of nitrogens with one attached hydrogen (secondary N) is 1. The minimum absolute atomic E-state index is 0.711. The van der Waals surface area contributed by atoms with E-state index < -0.39 is 0 Å². The Balaban J connectivity index is 1.56. The van der Waals surface area contributed by atoms with Crippen LogP contribution in [0.1, 0.15) is 32.1 Å². The largest absolute Gasteiger partial charge is 0.381 e. The van der Waals surface area contributed by atoms with E-state index in [2.05, 4.69) is 40.0 Å². The highest BCUT2D eigenvalue weighted by molar-refractivity contribution is 14.1. The zero-order valence-electron chi connectivity index (χ0n) is 10.9. The van der Waals surface area contributed by atoms with Crippen molar-refractivity contribution in [1.29, 1.82) is 0 Å². The second-order valence-electron chi connectivity index (χ2n) is 6.73. The molecule has 4 aliphatic carbocycles. The Hall–Kier alpha value is 0.0400. The average Bonchev–Trinajstić information content (AvgIpc) is 2.35. The Morgan fingerprint density at radius 3 is 2.21 bits per heavy atom. The van der Waals surface area contributed by atoms with Crippen LogP contribution in [0.5, 0.6) is 0 Å². The van der Waals surface area contributed by atoms with E-state index in [1.807, 2.05) is 6.07 Å². The summed E-state index contributed by atoms with van der Waals surface area (Å²) in [7, 11) is 0. The Morgan fingerprint density at radius 2 is 1.63 bits per heavy atom. The molecule has 1 aromatic rings. The standard InChI is InChI=1S/C16H19ClIN/c17-13-1-2-15(14(18)8-13)19-16-11-4-9-3-10(6-11)7-12(16)5-9/h1-2,8-12,16,19H,3-7H2.